The van der Waals surface area contributed by atoms with Crippen molar-refractivity contribution < 1.29 is 33.2 Å². The number of ketones is 1. The van der Waals surface area contributed by atoms with E-state index in [4.69, 9.17) is 28.4 Å². The minimum Gasteiger partial charge on any atom is -0.497 e. The number of allylic oxidation sites excluding steroid dienone is 1. The summed E-state index contributed by atoms with van der Waals surface area (Å²) in [4.78, 5) is 13.1. The predicted octanol–water partition coefficient (Wildman–Crippen LogP) is 5.22. The molecule has 0 unspecified atom stereocenters. The van der Waals surface area contributed by atoms with E-state index in [9.17, 15) is 4.79 Å². The minimum absolute atomic E-state index is 0.192. The standard InChI is InChI=1S/C27H26O7/c1-16-10-20(33-15-17-6-8-19(29-2)9-7-17)14-21-25(16)26(28)22(34-21)11-18-12-23(30-3)27(32-5)24(13-18)31-4/h6-14H,15H2,1-5H3/b22-11-. The Bertz CT molecular complexity index is 1220. The molecule has 3 aromatic rings. The molecule has 0 saturated heterocycles. The first kappa shape index (κ1) is 23.0. The molecule has 176 valence electrons. The maximum atomic E-state index is 13.1. The van der Waals surface area contributed by atoms with E-state index in [-0.39, 0.29) is 11.5 Å². The summed E-state index contributed by atoms with van der Waals surface area (Å²) in [5.74, 6) is 3.34. The zero-order chi connectivity index (χ0) is 24.2. The molecule has 34 heavy (non-hydrogen) atoms. The topological polar surface area (TPSA) is 72.5 Å². The molecule has 1 aliphatic heterocycles. The van der Waals surface area contributed by atoms with E-state index in [0.717, 1.165) is 16.9 Å². The van der Waals surface area contributed by atoms with Gasteiger partial charge in [-0.15, -0.1) is 0 Å². The van der Waals surface area contributed by atoms with Gasteiger partial charge in [0.15, 0.2) is 17.3 Å². The number of ether oxygens (including phenoxy) is 6. The average Bonchev–Trinajstić information content (AvgIpc) is 3.17. The van der Waals surface area contributed by atoms with Gasteiger partial charge in [-0.3, -0.25) is 4.79 Å². The molecule has 1 aliphatic rings. The summed E-state index contributed by atoms with van der Waals surface area (Å²) in [7, 11) is 6.25. The molecule has 4 rings (SSSR count). The third-order valence-electron chi connectivity index (χ3n) is 5.49. The molecule has 0 aromatic heterocycles. The van der Waals surface area contributed by atoms with E-state index in [1.165, 1.54) is 21.3 Å². The molecule has 0 aliphatic carbocycles. The molecule has 7 nitrogen and oxygen atoms in total. The van der Waals surface area contributed by atoms with Gasteiger partial charge in [0.05, 0.1) is 34.0 Å². The smallest absolute Gasteiger partial charge is 0.232 e. The Balaban J connectivity index is 1.57. The van der Waals surface area contributed by atoms with E-state index < -0.39 is 0 Å². The van der Waals surface area contributed by atoms with Crippen LogP contribution >= 0.6 is 0 Å². The third kappa shape index (κ3) is 4.50. The lowest BCUT2D eigenvalue weighted by Crippen LogP contribution is -2.01. The van der Waals surface area contributed by atoms with Crippen LogP contribution in [-0.4, -0.2) is 34.2 Å². The van der Waals surface area contributed by atoms with Gasteiger partial charge in [-0.05, 0) is 60.0 Å². The van der Waals surface area contributed by atoms with Gasteiger partial charge in [0.25, 0.3) is 0 Å². The first-order chi connectivity index (χ1) is 16.5. The van der Waals surface area contributed by atoms with Crippen molar-refractivity contribution in [3.63, 3.8) is 0 Å². The summed E-state index contributed by atoms with van der Waals surface area (Å²) in [6, 6.07) is 14.7. The number of hydrogen-bond acceptors (Lipinski definition) is 7. The number of Topliss-reactive ketones (excluding diaryl/α,β-unsaturated/α-hetero) is 1. The number of methoxy groups -OCH3 is 4. The molecule has 0 bridgehead atoms. The third-order valence-corrected chi connectivity index (χ3v) is 5.49. The molecule has 0 radical (unpaired) electrons. The van der Waals surface area contributed by atoms with Crippen molar-refractivity contribution in [2.75, 3.05) is 28.4 Å². The summed E-state index contributed by atoms with van der Waals surface area (Å²) >= 11 is 0. The summed E-state index contributed by atoms with van der Waals surface area (Å²) in [6.45, 7) is 2.24. The Morgan fingerprint density at radius 2 is 1.50 bits per heavy atom. The molecule has 0 fully saturated rings. The number of carbonyl (C=O) groups is 1. The zero-order valence-corrected chi connectivity index (χ0v) is 19.8. The van der Waals surface area contributed by atoms with Crippen LogP contribution in [0.3, 0.4) is 0 Å². The van der Waals surface area contributed by atoms with Gasteiger partial charge in [-0.1, -0.05) is 12.1 Å². The molecule has 0 spiro atoms. The summed E-state index contributed by atoms with van der Waals surface area (Å²) in [5, 5.41) is 0. The Labute approximate surface area is 198 Å². The van der Waals surface area contributed by atoms with Gasteiger partial charge in [-0.2, -0.15) is 0 Å². The molecular formula is C27H26O7. The Kier molecular flexibility index (Phi) is 6.63. The van der Waals surface area contributed by atoms with E-state index in [0.29, 0.717) is 46.5 Å². The van der Waals surface area contributed by atoms with Crippen LogP contribution in [0, 0.1) is 6.92 Å². The highest BCUT2D eigenvalue weighted by atomic mass is 16.5. The van der Waals surface area contributed by atoms with Crippen LogP contribution in [0.1, 0.15) is 27.0 Å². The fraction of sp³-hybridized carbons (Fsp3) is 0.222. The van der Waals surface area contributed by atoms with Gasteiger partial charge >= 0.3 is 0 Å². The Morgan fingerprint density at radius 1 is 0.824 bits per heavy atom. The van der Waals surface area contributed by atoms with Gasteiger partial charge in [-0.25, -0.2) is 0 Å². The lowest BCUT2D eigenvalue weighted by Gasteiger charge is -2.13. The van der Waals surface area contributed by atoms with Crippen LogP contribution in [0.4, 0.5) is 0 Å². The van der Waals surface area contributed by atoms with Crippen molar-refractivity contribution in [1.29, 1.82) is 0 Å². The normalized spacial score (nSPS) is 13.3. The second-order valence-corrected chi connectivity index (χ2v) is 7.65. The fourth-order valence-corrected chi connectivity index (χ4v) is 3.79. The van der Waals surface area contributed by atoms with Crippen molar-refractivity contribution in [1.82, 2.24) is 0 Å². The molecule has 0 N–H and O–H groups in total. The summed E-state index contributed by atoms with van der Waals surface area (Å²) in [6.07, 6.45) is 1.66. The second-order valence-electron chi connectivity index (χ2n) is 7.65. The largest absolute Gasteiger partial charge is 0.497 e. The van der Waals surface area contributed by atoms with E-state index >= 15 is 0 Å². The Hall–Kier alpha value is -4.13. The zero-order valence-electron chi connectivity index (χ0n) is 19.8. The van der Waals surface area contributed by atoms with Crippen LogP contribution in [0.25, 0.3) is 6.08 Å². The van der Waals surface area contributed by atoms with Crippen molar-refractivity contribution >= 4 is 11.9 Å². The van der Waals surface area contributed by atoms with Crippen molar-refractivity contribution in [2.24, 2.45) is 0 Å². The highest BCUT2D eigenvalue weighted by Gasteiger charge is 2.30. The first-order valence-electron chi connectivity index (χ1n) is 10.6. The fourth-order valence-electron chi connectivity index (χ4n) is 3.79. The van der Waals surface area contributed by atoms with Crippen LogP contribution in [-0.2, 0) is 6.61 Å². The van der Waals surface area contributed by atoms with E-state index in [1.807, 2.05) is 37.3 Å². The molecule has 1 heterocycles. The minimum atomic E-state index is -0.192. The monoisotopic (exact) mass is 462 g/mol. The summed E-state index contributed by atoms with van der Waals surface area (Å²) < 4.78 is 33.2. The molecule has 3 aromatic carbocycles. The average molecular weight is 462 g/mol. The van der Waals surface area contributed by atoms with Crippen LogP contribution in [0.15, 0.2) is 54.3 Å². The number of fused-ring (bicyclic) bond motifs is 1. The van der Waals surface area contributed by atoms with Crippen molar-refractivity contribution in [3.05, 3.63) is 76.5 Å². The quantitative estimate of drug-likeness (QED) is 0.425. The van der Waals surface area contributed by atoms with Crippen LogP contribution in [0.2, 0.25) is 0 Å². The number of aryl methyl sites for hydroxylation is 1. The van der Waals surface area contributed by atoms with E-state index in [1.54, 1.807) is 31.4 Å². The maximum absolute atomic E-state index is 13.1. The van der Waals surface area contributed by atoms with Gasteiger partial charge < -0.3 is 28.4 Å². The van der Waals surface area contributed by atoms with Crippen LogP contribution in [0.5, 0.6) is 34.5 Å². The number of rotatable bonds is 8. The van der Waals surface area contributed by atoms with Gasteiger partial charge in [0.1, 0.15) is 23.9 Å². The molecular weight excluding hydrogens is 436 g/mol. The molecule has 0 saturated carbocycles. The second kappa shape index (κ2) is 9.79. The molecule has 0 amide bonds. The highest BCUT2D eigenvalue weighted by Crippen LogP contribution is 2.41. The van der Waals surface area contributed by atoms with Crippen molar-refractivity contribution in [3.8, 4) is 34.5 Å². The highest BCUT2D eigenvalue weighted by molar-refractivity contribution is 6.15. The lowest BCUT2D eigenvalue weighted by atomic mass is 10.0. The molecule has 7 heteroatoms. The van der Waals surface area contributed by atoms with Gasteiger partial charge in [0.2, 0.25) is 11.5 Å². The van der Waals surface area contributed by atoms with Gasteiger partial charge in [0, 0.05) is 6.07 Å². The maximum Gasteiger partial charge on any atom is 0.232 e. The van der Waals surface area contributed by atoms with E-state index in [2.05, 4.69) is 0 Å². The SMILES string of the molecule is COc1ccc(COc2cc(C)c3c(c2)O/C(=C\c2cc(OC)c(OC)c(OC)c2)C3=O)cc1. The molecule has 0 atom stereocenters. The lowest BCUT2D eigenvalue weighted by molar-refractivity contribution is 0.101. The van der Waals surface area contributed by atoms with Crippen molar-refractivity contribution in [2.45, 2.75) is 13.5 Å². The number of carbonyl (C=O) groups excluding carboxylic acids is 1. The first-order valence-corrected chi connectivity index (χ1v) is 10.6. The number of benzene rings is 3. The Morgan fingerprint density at radius 3 is 2.09 bits per heavy atom. The number of hydrogen-bond donors (Lipinski definition) is 0. The van der Waals surface area contributed by atoms with Crippen LogP contribution < -0.4 is 28.4 Å². The predicted molar refractivity (Wildman–Crippen MR) is 128 cm³/mol. The summed E-state index contributed by atoms with van der Waals surface area (Å²) in [5.41, 5.74) is 2.98.